The fraction of sp³-hybridized carbons (Fsp3) is 0.375. The molecule has 0 aliphatic heterocycles. The number of hydrogen-bond donors (Lipinski definition) is 1. The van der Waals surface area contributed by atoms with Gasteiger partial charge in [-0.3, -0.25) is 9.19 Å². The van der Waals surface area contributed by atoms with Gasteiger partial charge in [-0.15, -0.1) is 0 Å². The minimum absolute atomic E-state index is 0.518. The largest absolute Gasteiger partial charge is 0.396 e. The number of nitrogens with zero attached hydrogens (tertiary/aromatic N) is 1. The van der Waals surface area contributed by atoms with E-state index in [1.807, 2.05) is 6.92 Å². The maximum absolute atomic E-state index is 11.5. The van der Waals surface area contributed by atoms with Gasteiger partial charge in [0.25, 0.3) is 0 Å². The van der Waals surface area contributed by atoms with Gasteiger partial charge < -0.3 is 5.73 Å². The Hall–Kier alpha value is -0.900. The quantitative estimate of drug-likeness (QED) is 0.767. The maximum Gasteiger partial charge on any atom is 0.0664 e. The van der Waals surface area contributed by atoms with Gasteiger partial charge in [0, 0.05) is 11.9 Å². The van der Waals surface area contributed by atoms with E-state index in [4.69, 9.17) is 5.73 Å². The van der Waals surface area contributed by atoms with E-state index in [2.05, 4.69) is 4.98 Å². The van der Waals surface area contributed by atoms with Gasteiger partial charge in [0.2, 0.25) is 0 Å². The molecule has 66 valence electrons. The van der Waals surface area contributed by atoms with Gasteiger partial charge in [-0.1, -0.05) is 6.92 Å². The van der Waals surface area contributed by atoms with Crippen LogP contribution in [0.4, 0.5) is 5.69 Å². The summed E-state index contributed by atoms with van der Waals surface area (Å²) in [5, 5.41) is 0. The molecule has 0 saturated carbocycles. The molecule has 1 aromatic heterocycles. The van der Waals surface area contributed by atoms with E-state index in [1.54, 1.807) is 12.3 Å². The highest BCUT2D eigenvalue weighted by Crippen LogP contribution is 2.14. The van der Waals surface area contributed by atoms with Crippen LogP contribution in [0.25, 0.3) is 0 Å². The summed E-state index contributed by atoms with van der Waals surface area (Å²) in [6, 6.07) is 1.71. The zero-order valence-electron chi connectivity index (χ0n) is 6.99. The average Bonchev–Trinajstić information content (AvgIpc) is 2.05. The van der Waals surface area contributed by atoms with Crippen LogP contribution in [-0.2, 0) is 10.8 Å². The van der Waals surface area contributed by atoms with Gasteiger partial charge in [-0.2, -0.15) is 0 Å². The Labute approximate surface area is 74.5 Å². The van der Waals surface area contributed by atoms with Gasteiger partial charge in [0.1, 0.15) is 0 Å². The van der Waals surface area contributed by atoms with E-state index in [-0.39, 0.29) is 0 Å². The van der Waals surface area contributed by atoms with Gasteiger partial charge >= 0.3 is 0 Å². The molecule has 0 aliphatic rings. The first kappa shape index (κ1) is 9.19. The Balaban J connectivity index is 2.87. The molecule has 1 aromatic rings. The van der Waals surface area contributed by atoms with Crippen molar-refractivity contribution in [2.75, 3.05) is 11.5 Å². The van der Waals surface area contributed by atoms with Crippen molar-refractivity contribution < 1.29 is 4.21 Å². The molecule has 1 heterocycles. The van der Waals surface area contributed by atoms with Crippen molar-refractivity contribution in [3.8, 4) is 0 Å². The molecule has 1 rings (SSSR count). The summed E-state index contributed by atoms with van der Waals surface area (Å²) in [7, 11) is -0.960. The van der Waals surface area contributed by atoms with E-state index in [9.17, 15) is 4.21 Å². The third kappa shape index (κ3) is 2.04. The molecular formula is C8H12N2OS. The number of rotatable bonds is 3. The van der Waals surface area contributed by atoms with E-state index < -0.39 is 10.8 Å². The van der Waals surface area contributed by atoms with Crippen LogP contribution in [0.1, 0.15) is 13.3 Å². The molecule has 0 saturated heterocycles. The minimum Gasteiger partial charge on any atom is -0.396 e. The minimum atomic E-state index is -0.960. The van der Waals surface area contributed by atoms with Gasteiger partial charge in [-0.25, -0.2) is 0 Å². The Bertz CT molecular complexity index is 288. The van der Waals surface area contributed by atoms with E-state index in [1.165, 1.54) is 6.20 Å². The topological polar surface area (TPSA) is 56.0 Å². The van der Waals surface area contributed by atoms with Crippen LogP contribution in [0.3, 0.4) is 0 Å². The summed E-state index contributed by atoms with van der Waals surface area (Å²) in [5.41, 5.74) is 6.11. The van der Waals surface area contributed by atoms with Crippen molar-refractivity contribution in [2.24, 2.45) is 0 Å². The van der Waals surface area contributed by atoms with E-state index >= 15 is 0 Å². The number of aromatic nitrogens is 1. The second kappa shape index (κ2) is 4.21. The summed E-state index contributed by atoms with van der Waals surface area (Å²) in [6.07, 6.45) is 4.04. The highest BCUT2D eigenvalue weighted by molar-refractivity contribution is 7.85. The van der Waals surface area contributed by atoms with Crippen molar-refractivity contribution in [3.63, 3.8) is 0 Å². The molecule has 0 amide bonds. The standard InChI is InChI=1S/C8H12N2OS/c1-2-5-12(11)8-3-4-10-6-7(8)9/h3-4,6H,2,5,9H2,1H3. The summed E-state index contributed by atoms with van der Waals surface area (Å²) in [5.74, 6) is 0.661. The molecule has 3 nitrogen and oxygen atoms in total. The molecule has 1 unspecified atom stereocenters. The molecule has 0 spiro atoms. The molecule has 0 bridgehead atoms. The van der Waals surface area contributed by atoms with Crippen LogP contribution in [-0.4, -0.2) is 14.9 Å². The van der Waals surface area contributed by atoms with Crippen molar-refractivity contribution in [1.29, 1.82) is 0 Å². The Morgan fingerprint density at radius 2 is 2.42 bits per heavy atom. The molecule has 2 N–H and O–H groups in total. The van der Waals surface area contributed by atoms with Crippen LogP contribution in [0.15, 0.2) is 23.4 Å². The molecule has 12 heavy (non-hydrogen) atoms. The SMILES string of the molecule is CCCS(=O)c1ccncc1N. The molecular weight excluding hydrogens is 172 g/mol. The summed E-state index contributed by atoms with van der Waals surface area (Å²) in [6.45, 7) is 2.00. The van der Waals surface area contributed by atoms with Crippen LogP contribution < -0.4 is 5.73 Å². The van der Waals surface area contributed by atoms with Crippen LogP contribution in [0.5, 0.6) is 0 Å². The molecule has 4 heteroatoms. The zero-order chi connectivity index (χ0) is 8.97. The van der Waals surface area contributed by atoms with Crippen LogP contribution in [0.2, 0.25) is 0 Å². The fourth-order valence-corrected chi connectivity index (χ4v) is 2.02. The van der Waals surface area contributed by atoms with Gasteiger partial charge in [0.05, 0.1) is 27.6 Å². The first-order valence-electron chi connectivity index (χ1n) is 3.83. The average molecular weight is 184 g/mol. The molecule has 0 aromatic carbocycles. The summed E-state index contributed by atoms with van der Waals surface area (Å²) < 4.78 is 11.5. The Kier molecular flexibility index (Phi) is 3.22. The number of anilines is 1. The van der Waals surface area contributed by atoms with Crippen LogP contribution >= 0.6 is 0 Å². The third-order valence-electron chi connectivity index (χ3n) is 1.44. The second-order valence-electron chi connectivity index (χ2n) is 2.46. The number of pyridine rings is 1. The maximum atomic E-state index is 11.5. The normalized spacial score (nSPS) is 12.8. The monoisotopic (exact) mass is 184 g/mol. The predicted octanol–water partition coefficient (Wildman–Crippen LogP) is 1.18. The fourth-order valence-electron chi connectivity index (χ4n) is 0.897. The third-order valence-corrected chi connectivity index (χ3v) is 3.09. The molecule has 0 fully saturated rings. The van der Waals surface area contributed by atoms with E-state index in [0.29, 0.717) is 16.3 Å². The lowest BCUT2D eigenvalue weighted by Gasteiger charge is -2.02. The predicted molar refractivity (Wildman–Crippen MR) is 50.2 cm³/mol. The number of nitrogens with two attached hydrogens (primary N) is 1. The highest BCUT2D eigenvalue weighted by Gasteiger charge is 2.05. The Morgan fingerprint density at radius 1 is 1.67 bits per heavy atom. The highest BCUT2D eigenvalue weighted by atomic mass is 32.2. The van der Waals surface area contributed by atoms with Crippen LogP contribution in [0, 0.1) is 0 Å². The van der Waals surface area contributed by atoms with Crippen molar-refractivity contribution in [1.82, 2.24) is 4.98 Å². The second-order valence-corrected chi connectivity index (χ2v) is 4.00. The molecule has 0 aliphatic carbocycles. The van der Waals surface area contributed by atoms with E-state index in [0.717, 1.165) is 6.42 Å². The lowest BCUT2D eigenvalue weighted by molar-refractivity contribution is 0.682. The molecule has 1 atom stereocenters. The molecule has 0 radical (unpaired) electrons. The number of nitrogen functional groups attached to an aromatic ring is 1. The van der Waals surface area contributed by atoms with Crippen molar-refractivity contribution in [2.45, 2.75) is 18.2 Å². The van der Waals surface area contributed by atoms with Crippen molar-refractivity contribution >= 4 is 16.5 Å². The first-order valence-corrected chi connectivity index (χ1v) is 5.15. The Morgan fingerprint density at radius 3 is 3.00 bits per heavy atom. The van der Waals surface area contributed by atoms with Gasteiger partial charge in [0.15, 0.2) is 0 Å². The lowest BCUT2D eigenvalue weighted by Crippen LogP contribution is -2.01. The lowest BCUT2D eigenvalue weighted by atomic mass is 10.4. The smallest absolute Gasteiger partial charge is 0.0664 e. The number of hydrogen-bond acceptors (Lipinski definition) is 3. The first-order chi connectivity index (χ1) is 5.75. The zero-order valence-corrected chi connectivity index (χ0v) is 7.80. The van der Waals surface area contributed by atoms with Crippen molar-refractivity contribution in [3.05, 3.63) is 18.5 Å². The van der Waals surface area contributed by atoms with Gasteiger partial charge in [-0.05, 0) is 12.5 Å². The summed E-state index contributed by atoms with van der Waals surface area (Å²) in [4.78, 5) is 4.53. The summed E-state index contributed by atoms with van der Waals surface area (Å²) >= 11 is 0.